The molecule has 1 aliphatic heterocycles. The lowest BCUT2D eigenvalue weighted by molar-refractivity contribution is -0.120. The maximum Gasteiger partial charge on any atom is 0.137 e. The van der Waals surface area contributed by atoms with Crippen molar-refractivity contribution in [3.8, 4) is 5.75 Å². The fourth-order valence-corrected chi connectivity index (χ4v) is 2.17. The van der Waals surface area contributed by atoms with E-state index in [1.165, 1.54) is 5.56 Å². The zero-order valence-corrected chi connectivity index (χ0v) is 11.5. The van der Waals surface area contributed by atoms with Gasteiger partial charge in [-0.15, -0.1) is 0 Å². The number of rotatable bonds is 6. The third kappa shape index (κ3) is 3.37. The van der Waals surface area contributed by atoms with Gasteiger partial charge in [-0.3, -0.25) is 0 Å². The maximum atomic E-state index is 6.21. The molecular formula is C14H20ClNO2. The van der Waals surface area contributed by atoms with Gasteiger partial charge in [-0.2, -0.15) is 0 Å². The Morgan fingerprint density at radius 2 is 2.22 bits per heavy atom. The molecular weight excluding hydrogens is 250 g/mol. The van der Waals surface area contributed by atoms with Crippen molar-refractivity contribution in [1.82, 2.24) is 0 Å². The molecule has 0 bridgehead atoms. The van der Waals surface area contributed by atoms with Gasteiger partial charge < -0.3 is 15.2 Å². The maximum absolute atomic E-state index is 6.21. The average molecular weight is 270 g/mol. The second-order valence-electron chi connectivity index (χ2n) is 5.25. The van der Waals surface area contributed by atoms with Crippen molar-refractivity contribution in [2.24, 2.45) is 11.1 Å². The van der Waals surface area contributed by atoms with Gasteiger partial charge in [-0.05, 0) is 37.1 Å². The van der Waals surface area contributed by atoms with E-state index in [1.54, 1.807) is 0 Å². The Labute approximate surface area is 113 Å². The number of halogens is 1. The van der Waals surface area contributed by atoms with Crippen LogP contribution < -0.4 is 10.5 Å². The fourth-order valence-electron chi connectivity index (χ4n) is 1.91. The molecule has 4 heteroatoms. The van der Waals surface area contributed by atoms with E-state index in [0.29, 0.717) is 18.2 Å². The molecule has 0 aliphatic carbocycles. The van der Waals surface area contributed by atoms with E-state index < -0.39 is 0 Å². The predicted molar refractivity (Wildman–Crippen MR) is 73.2 cm³/mol. The predicted octanol–water partition coefficient (Wildman–Crippen LogP) is 2.65. The summed E-state index contributed by atoms with van der Waals surface area (Å²) >= 11 is 6.21. The summed E-state index contributed by atoms with van der Waals surface area (Å²) in [6, 6.07) is 5.96. The topological polar surface area (TPSA) is 44.5 Å². The van der Waals surface area contributed by atoms with Crippen molar-refractivity contribution in [3.63, 3.8) is 0 Å². The van der Waals surface area contributed by atoms with Crippen LogP contribution in [0, 0.1) is 5.41 Å². The highest BCUT2D eigenvalue weighted by Crippen LogP contribution is 2.31. The van der Waals surface area contributed by atoms with Gasteiger partial charge in [0.1, 0.15) is 5.75 Å². The Morgan fingerprint density at radius 1 is 1.44 bits per heavy atom. The molecule has 1 fully saturated rings. The minimum atomic E-state index is 0.140. The lowest BCUT2D eigenvalue weighted by Crippen LogP contribution is -2.44. The molecule has 0 amide bonds. The van der Waals surface area contributed by atoms with Crippen molar-refractivity contribution in [3.05, 3.63) is 28.8 Å². The number of benzene rings is 1. The third-order valence-electron chi connectivity index (χ3n) is 3.14. The summed E-state index contributed by atoms with van der Waals surface area (Å²) in [6.45, 7) is 5.03. The minimum Gasteiger partial charge on any atom is -0.491 e. The summed E-state index contributed by atoms with van der Waals surface area (Å²) in [5.41, 5.74) is 6.84. The van der Waals surface area contributed by atoms with Gasteiger partial charge in [0, 0.05) is 5.41 Å². The van der Waals surface area contributed by atoms with Crippen LogP contribution in [0.5, 0.6) is 5.75 Å². The Morgan fingerprint density at radius 3 is 2.78 bits per heavy atom. The van der Waals surface area contributed by atoms with Gasteiger partial charge >= 0.3 is 0 Å². The highest BCUT2D eigenvalue weighted by atomic mass is 35.5. The van der Waals surface area contributed by atoms with Crippen LogP contribution in [-0.2, 0) is 11.2 Å². The van der Waals surface area contributed by atoms with Crippen molar-refractivity contribution in [2.75, 3.05) is 26.4 Å². The SMILES string of the molecule is CC1(COc2ccc(CCCN)cc2Cl)COC1. The van der Waals surface area contributed by atoms with Gasteiger partial charge in [-0.1, -0.05) is 24.6 Å². The first-order valence-electron chi connectivity index (χ1n) is 6.32. The molecule has 1 aromatic carbocycles. The van der Waals surface area contributed by atoms with Gasteiger partial charge in [0.25, 0.3) is 0 Å². The number of ether oxygens (including phenoxy) is 2. The van der Waals surface area contributed by atoms with E-state index in [2.05, 4.69) is 13.0 Å². The van der Waals surface area contributed by atoms with E-state index in [0.717, 1.165) is 31.8 Å². The third-order valence-corrected chi connectivity index (χ3v) is 3.44. The van der Waals surface area contributed by atoms with E-state index in [4.69, 9.17) is 26.8 Å². The summed E-state index contributed by atoms with van der Waals surface area (Å²) in [7, 11) is 0. The molecule has 0 radical (unpaired) electrons. The van der Waals surface area contributed by atoms with Crippen LogP contribution >= 0.6 is 11.6 Å². The molecule has 18 heavy (non-hydrogen) atoms. The second kappa shape index (κ2) is 5.91. The van der Waals surface area contributed by atoms with Gasteiger partial charge in [-0.25, -0.2) is 0 Å². The molecule has 2 rings (SSSR count). The summed E-state index contributed by atoms with van der Waals surface area (Å²) < 4.78 is 11.0. The molecule has 0 saturated carbocycles. The molecule has 100 valence electrons. The van der Waals surface area contributed by atoms with Crippen LogP contribution in [0.2, 0.25) is 5.02 Å². The first-order chi connectivity index (χ1) is 8.63. The Bertz CT molecular complexity index is 405. The summed E-state index contributed by atoms with van der Waals surface area (Å²) in [5, 5.41) is 0.674. The second-order valence-corrected chi connectivity index (χ2v) is 5.66. The van der Waals surface area contributed by atoms with Crippen LogP contribution in [0.4, 0.5) is 0 Å². The van der Waals surface area contributed by atoms with Crippen LogP contribution in [0.3, 0.4) is 0 Å². The summed E-state index contributed by atoms with van der Waals surface area (Å²) in [4.78, 5) is 0. The molecule has 3 nitrogen and oxygen atoms in total. The zero-order chi connectivity index (χ0) is 13.0. The minimum absolute atomic E-state index is 0.140. The fraction of sp³-hybridized carbons (Fsp3) is 0.571. The van der Waals surface area contributed by atoms with E-state index in [9.17, 15) is 0 Å². The molecule has 1 heterocycles. The highest BCUT2D eigenvalue weighted by Gasteiger charge is 2.34. The highest BCUT2D eigenvalue weighted by molar-refractivity contribution is 6.32. The molecule has 0 aromatic heterocycles. The first kappa shape index (κ1) is 13.7. The Hall–Kier alpha value is -0.770. The molecule has 2 N–H and O–H groups in total. The molecule has 1 saturated heterocycles. The van der Waals surface area contributed by atoms with Gasteiger partial charge in [0.05, 0.1) is 24.8 Å². The lowest BCUT2D eigenvalue weighted by atomic mass is 9.90. The zero-order valence-electron chi connectivity index (χ0n) is 10.7. The summed E-state index contributed by atoms with van der Waals surface area (Å²) in [6.07, 6.45) is 1.94. The van der Waals surface area contributed by atoms with Crippen LogP contribution in [0.15, 0.2) is 18.2 Å². The standard InChI is InChI=1S/C14H20ClNO2/c1-14(8-17-9-14)10-18-13-5-4-11(3-2-6-16)7-12(13)15/h4-5,7H,2-3,6,8-10,16H2,1H3. The molecule has 1 aliphatic rings. The smallest absolute Gasteiger partial charge is 0.137 e. The molecule has 0 atom stereocenters. The van der Waals surface area contributed by atoms with Crippen LogP contribution in [0.1, 0.15) is 18.9 Å². The van der Waals surface area contributed by atoms with E-state index >= 15 is 0 Å². The number of hydrogen-bond acceptors (Lipinski definition) is 3. The Kier molecular flexibility index (Phi) is 4.49. The monoisotopic (exact) mass is 269 g/mol. The van der Waals surface area contributed by atoms with Gasteiger partial charge in [0.2, 0.25) is 0 Å². The first-order valence-corrected chi connectivity index (χ1v) is 6.70. The molecule has 0 unspecified atom stereocenters. The molecule has 1 aromatic rings. The van der Waals surface area contributed by atoms with E-state index in [-0.39, 0.29) is 5.41 Å². The number of nitrogens with two attached hydrogens (primary N) is 1. The normalized spacial score (nSPS) is 17.3. The van der Waals surface area contributed by atoms with Crippen molar-refractivity contribution >= 4 is 11.6 Å². The van der Waals surface area contributed by atoms with Crippen LogP contribution in [-0.4, -0.2) is 26.4 Å². The largest absolute Gasteiger partial charge is 0.491 e. The average Bonchev–Trinajstić information content (AvgIpc) is 2.33. The van der Waals surface area contributed by atoms with Gasteiger partial charge in [0.15, 0.2) is 0 Å². The number of aryl methyl sites for hydroxylation is 1. The summed E-state index contributed by atoms with van der Waals surface area (Å²) in [5.74, 6) is 0.751. The lowest BCUT2D eigenvalue weighted by Gasteiger charge is -2.37. The van der Waals surface area contributed by atoms with Crippen molar-refractivity contribution in [2.45, 2.75) is 19.8 Å². The molecule has 0 spiro atoms. The van der Waals surface area contributed by atoms with Crippen molar-refractivity contribution in [1.29, 1.82) is 0 Å². The van der Waals surface area contributed by atoms with Crippen LogP contribution in [0.25, 0.3) is 0 Å². The van der Waals surface area contributed by atoms with Crippen molar-refractivity contribution < 1.29 is 9.47 Å². The Balaban J connectivity index is 1.92. The van der Waals surface area contributed by atoms with E-state index in [1.807, 2.05) is 12.1 Å². The quantitative estimate of drug-likeness (QED) is 0.864. The number of hydrogen-bond donors (Lipinski definition) is 1.